The summed E-state index contributed by atoms with van der Waals surface area (Å²) in [4.78, 5) is 11.5. The van der Waals surface area contributed by atoms with Crippen molar-refractivity contribution in [3.63, 3.8) is 0 Å². The van der Waals surface area contributed by atoms with E-state index >= 15 is 0 Å². The molecule has 3 N–H and O–H groups in total. The van der Waals surface area contributed by atoms with Crippen molar-refractivity contribution >= 4 is 33.0 Å². The number of anilines is 1. The molecule has 0 aromatic carbocycles. The molecule has 2 aromatic rings. The van der Waals surface area contributed by atoms with Crippen molar-refractivity contribution < 1.29 is 4.79 Å². The van der Waals surface area contributed by atoms with E-state index in [9.17, 15) is 4.79 Å². The van der Waals surface area contributed by atoms with Crippen molar-refractivity contribution in [3.8, 4) is 0 Å². The smallest absolute Gasteiger partial charge is 0.252 e. The summed E-state index contributed by atoms with van der Waals surface area (Å²) in [6.07, 6.45) is 3.33. The third-order valence-corrected chi connectivity index (χ3v) is 3.10. The molecule has 0 aliphatic rings. The van der Waals surface area contributed by atoms with Crippen LogP contribution >= 0.6 is 15.9 Å². The number of carbonyl (C=O) groups is 1. The van der Waals surface area contributed by atoms with Gasteiger partial charge in [0.1, 0.15) is 0 Å². The first-order valence-electron chi connectivity index (χ1n) is 6.98. The predicted octanol–water partition coefficient (Wildman–Crippen LogP) is 3.68. The molecule has 116 valence electrons. The molecule has 6 heteroatoms. The molecule has 0 aliphatic carbocycles. The lowest BCUT2D eigenvalue weighted by Gasteiger charge is -2.21. The second kappa shape index (κ2) is 6.93. The minimum absolute atomic E-state index is 0.0962. The number of nitrogens with one attached hydrogen (secondary N) is 1. The van der Waals surface area contributed by atoms with Gasteiger partial charge in [0, 0.05) is 17.2 Å². The standard InChI is InChI=1S/C13H17BrN4O.C2H6/c1-13(2,3)7-16-11-9(12(15)19)5-17-18-6-8(14)4-10(11)18;1-2/h4-6,16H,7H2,1-3H3,(H2,15,19);1-2H3. The van der Waals surface area contributed by atoms with Gasteiger partial charge in [0.05, 0.1) is 23.0 Å². The maximum Gasteiger partial charge on any atom is 0.252 e. The van der Waals surface area contributed by atoms with Crippen LogP contribution in [0.4, 0.5) is 5.69 Å². The van der Waals surface area contributed by atoms with Crippen LogP contribution in [0.5, 0.6) is 0 Å². The Labute approximate surface area is 134 Å². The topological polar surface area (TPSA) is 72.4 Å². The van der Waals surface area contributed by atoms with E-state index in [0.717, 1.165) is 22.2 Å². The zero-order valence-electron chi connectivity index (χ0n) is 13.2. The van der Waals surface area contributed by atoms with Gasteiger partial charge in [-0.2, -0.15) is 5.10 Å². The van der Waals surface area contributed by atoms with E-state index in [4.69, 9.17) is 5.73 Å². The Morgan fingerprint density at radius 2 is 2.05 bits per heavy atom. The van der Waals surface area contributed by atoms with Crippen molar-refractivity contribution in [2.45, 2.75) is 34.6 Å². The van der Waals surface area contributed by atoms with Crippen molar-refractivity contribution in [1.29, 1.82) is 0 Å². The Balaban J connectivity index is 0.00000106. The second-order valence-corrected chi connectivity index (χ2v) is 6.62. The van der Waals surface area contributed by atoms with Gasteiger partial charge in [-0.05, 0) is 27.4 Å². The lowest BCUT2D eigenvalue weighted by Crippen LogP contribution is -2.22. The van der Waals surface area contributed by atoms with Gasteiger partial charge in [-0.25, -0.2) is 4.52 Å². The molecule has 0 spiro atoms. The molecule has 0 saturated heterocycles. The van der Waals surface area contributed by atoms with E-state index in [-0.39, 0.29) is 5.41 Å². The highest BCUT2D eigenvalue weighted by atomic mass is 79.9. The number of rotatable bonds is 3. The number of amides is 1. The Bertz CT molecular complexity index is 628. The quantitative estimate of drug-likeness (QED) is 0.882. The molecule has 1 amide bonds. The van der Waals surface area contributed by atoms with Crippen molar-refractivity contribution in [1.82, 2.24) is 9.61 Å². The molecule has 2 aromatic heterocycles. The molecule has 5 nitrogen and oxygen atoms in total. The lowest BCUT2D eigenvalue weighted by molar-refractivity contribution is 0.100. The molecule has 0 atom stereocenters. The van der Waals surface area contributed by atoms with Crippen LogP contribution in [0.25, 0.3) is 5.52 Å². The average molecular weight is 355 g/mol. The number of hydrogen-bond acceptors (Lipinski definition) is 3. The third-order valence-electron chi connectivity index (χ3n) is 2.66. The minimum atomic E-state index is -0.483. The van der Waals surface area contributed by atoms with Crippen LogP contribution in [-0.2, 0) is 0 Å². The summed E-state index contributed by atoms with van der Waals surface area (Å²) in [6.45, 7) is 11.1. The summed E-state index contributed by atoms with van der Waals surface area (Å²) in [5.74, 6) is -0.483. The maximum atomic E-state index is 11.5. The normalized spacial score (nSPS) is 11.0. The summed E-state index contributed by atoms with van der Waals surface area (Å²) in [5, 5.41) is 7.48. The van der Waals surface area contributed by atoms with Crippen molar-refractivity contribution in [2.24, 2.45) is 11.1 Å². The van der Waals surface area contributed by atoms with Crippen molar-refractivity contribution in [3.05, 3.63) is 28.5 Å². The highest BCUT2D eigenvalue weighted by molar-refractivity contribution is 9.10. The van der Waals surface area contributed by atoms with Crippen LogP contribution in [0, 0.1) is 5.41 Å². The summed E-state index contributed by atoms with van der Waals surface area (Å²) < 4.78 is 2.61. The van der Waals surface area contributed by atoms with E-state index in [0.29, 0.717) is 5.56 Å². The molecule has 0 saturated carbocycles. The Morgan fingerprint density at radius 1 is 1.43 bits per heavy atom. The van der Waals surface area contributed by atoms with Crippen LogP contribution in [0.15, 0.2) is 22.9 Å². The van der Waals surface area contributed by atoms with Gasteiger partial charge < -0.3 is 11.1 Å². The lowest BCUT2D eigenvalue weighted by atomic mass is 9.97. The van der Waals surface area contributed by atoms with Gasteiger partial charge in [-0.15, -0.1) is 0 Å². The molecular formula is C15H23BrN4O. The molecule has 0 radical (unpaired) electrons. The second-order valence-electron chi connectivity index (χ2n) is 5.70. The molecule has 21 heavy (non-hydrogen) atoms. The minimum Gasteiger partial charge on any atom is -0.382 e. The van der Waals surface area contributed by atoms with Crippen LogP contribution in [0.2, 0.25) is 0 Å². The van der Waals surface area contributed by atoms with Crippen molar-refractivity contribution in [2.75, 3.05) is 11.9 Å². The maximum absolute atomic E-state index is 11.5. The Hall–Kier alpha value is -1.56. The van der Waals surface area contributed by atoms with Crippen LogP contribution in [0.1, 0.15) is 45.0 Å². The molecular weight excluding hydrogens is 332 g/mol. The highest BCUT2D eigenvalue weighted by Gasteiger charge is 2.17. The molecule has 0 aliphatic heterocycles. The Morgan fingerprint density at radius 3 is 2.57 bits per heavy atom. The summed E-state index contributed by atoms with van der Waals surface area (Å²) in [6, 6.07) is 1.91. The largest absolute Gasteiger partial charge is 0.382 e. The van der Waals surface area contributed by atoms with E-state index < -0.39 is 5.91 Å². The number of fused-ring (bicyclic) bond motifs is 1. The third kappa shape index (κ3) is 4.46. The van der Waals surface area contributed by atoms with E-state index in [2.05, 4.69) is 47.1 Å². The van der Waals surface area contributed by atoms with Gasteiger partial charge in [-0.3, -0.25) is 4.79 Å². The first-order valence-corrected chi connectivity index (χ1v) is 7.78. The molecule has 0 bridgehead atoms. The van der Waals surface area contributed by atoms with E-state index in [1.54, 1.807) is 4.52 Å². The molecule has 2 rings (SSSR count). The SMILES string of the molecule is CC.CC(C)(C)CNc1c(C(N)=O)cnn2cc(Br)cc12. The Kier molecular flexibility index (Phi) is 5.78. The predicted molar refractivity (Wildman–Crippen MR) is 90.7 cm³/mol. The number of nitrogens with zero attached hydrogens (tertiary/aromatic N) is 2. The van der Waals surface area contributed by atoms with Gasteiger partial charge in [0.2, 0.25) is 0 Å². The number of carbonyl (C=O) groups excluding carboxylic acids is 1. The molecule has 0 unspecified atom stereocenters. The fraction of sp³-hybridized carbons (Fsp3) is 0.467. The van der Waals surface area contributed by atoms with Gasteiger partial charge >= 0.3 is 0 Å². The number of halogens is 1. The van der Waals surface area contributed by atoms with Crippen LogP contribution in [0.3, 0.4) is 0 Å². The number of aromatic nitrogens is 2. The zero-order chi connectivity index (χ0) is 16.2. The summed E-state index contributed by atoms with van der Waals surface area (Å²) in [5.41, 5.74) is 7.46. The molecule has 2 heterocycles. The zero-order valence-corrected chi connectivity index (χ0v) is 14.8. The monoisotopic (exact) mass is 354 g/mol. The highest BCUT2D eigenvalue weighted by Crippen LogP contribution is 2.26. The first kappa shape index (κ1) is 17.5. The van der Waals surface area contributed by atoms with E-state index in [1.807, 2.05) is 26.1 Å². The number of nitrogens with two attached hydrogens (primary N) is 1. The van der Waals surface area contributed by atoms with Crippen LogP contribution < -0.4 is 11.1 Å². The fourth-order valence-electron chi connectivity index (χ4n) is 1.75. The summed E-state index contributed by atoms with van der Waals surface area (Å²) >= 11 is 3.41. The first-order chi connectivity index (χ1) is 9.78. The van der Waals surface area contributed by atoms with Crippen LogP contribution in [-0.4, -0.2) is 22.1 Å². The molecule has 0 fully saturated rings. The van der Waals surface area contributed by atoms with Gasteiger partial charge in [-0.1, -0.05) is 34.6 Å². The van der Waals surface area contributed by atoms with Gasteiger partial charge in [0.15, 0.2) is 0 Å². The van der Waals surface area contributed by atoms with E-state index in [1.165, 1.54) is 6.20 Å². The van der Waals surface area contributed by atoms with Gasteiger partial charge in [0.25, 0.3) is 5.91 Å². The number of hydrogen-bond donors (Lipinski definition) is 2. The summed E-state index contributed by atoms with van der Waals surface area (Å²) in [7, 11) is 0. The average Bonchev–Trinajstić information content (AvgIpc) is 2.77. The number of primary amides is 1. The fourth-order valence-corrected chi connectivity index (χ4v) is 2.16.